The van der Waals surface area contributed by atoms with E-state index < -0.39 is 0 Å². The minimum atomic E-state index is -0.368. The first kappa shape index (κ1) is 19.4. The average molecular weight is 445 g/mol. The lowest BCUT2D eigenvalue weighted by molar-refractivity contribution is 0.581. The first-order chi connectivity index (χ1) is 17.3. The monoisotopic (exact) mass is 445 g/mol. The molecule has 2 atom stereocenters. The summed E-state index contributed by atoms with van der Waals surface area (Å²) in [5, 5.41) is 15.3. The van der Waals surface area contributed by atoms with Crippen LogP contribution < -0.4 is 0 Å². The summed E-state index contributed by atoms with van der Waals surface area (Å²) in [7, 11) is 1.36. The molecule has 1 spiro atoms. The molecule has 2 unspecified atom stereocenters. The quantitative estimate of drug-likeness (QED) is 0.210. The predicted molar refractivity (Wildman–Crippen MR) is 146 cm³/mol. The number of hydrogen-bond donors (Lipinski definition) is 1. The molecule has 0 heterocycles. The standard InChI is InChI=1S/C33H22BO/c35-34-20-17-18-24-23-11-5-7-15-28(23)33(30(24)19-20)29-16-8-6-14-27(29)31-25-12-3-1-9-21(25)22-10-2-4-13-26(22)32(31)33/h1-18,20,35H,19H2. The van der Waals surface area contributed by atoms with Crippen LogP contribution in [0.25, 0.3) is 38.2 Å². The van der Waals surface area contributed by atoms with Gasteiger partial charge in [0.15, 0.2) is 0 Å². The van der Waals surface area contributed by atoms with Crippen molar-refractivity contribution in [2.75, 3.05) is 0 Å². The van der Waals surface area contributed by atoms with Gasteiger partial charge in [-0.05, 0) is 78.3 Å². The van der Waals surface area contributed by atoms with Crippen LogP contribution in [0.15, 0.2) is 115 Å². The summed E-state index contributed by atoms with van der Waals surface area (Å²) in [5.41, 5.74) is 10.5. The zero-order valence-electron chi connectivity index (χ0n) is 19.2. The molecule has 3 aliphatic carbocycles. The van der Waals surface area contributed by atoms with Crippen LogP contribution in [0.4, 0.5) is 0 Å². The Kier molecular flexibility index (Phi) is 3.80. The fraction of sp³-hybridized carbons (Fsp3) is 0.0909. The van der Waals surface area contributed by atoms with Gasteiger partial charge in [0.05, 0.1) is 5.41 Å². The minimum Gasteiger partial charge on any atom is -0.454 e. The topological polar surface area (TPSA) is 20.2 Å². The smallest absolute Gasteiger partial charge is 0.295 e. The number of hydrogen-bond acceptors (Lipinski definition) is 1. The summed E-state index contributed by atoms with van der Waals surface area (Å²) in [5.74, 6) is 0.0165. The van der Waals surface area contributed by atoms with Gasteiger partial charge >= 0.3 is 0 Å². The van der Waals surface area contributed by atoms with Crippen molar-refractivity contribution in [3.63, 3.8) is 0 Å². The Morgan fingerprint density at radius 2 is 1.23 bits per heavy atom. The van der Waals surface area contributed by atoms with Crippen molar-refractivity contribution in [3.05, 3.63) is 137 Å². The van der Waals surface area contributed by atoms with E-state index in [1.54, 1.807) is 0 Å². The van der Waals surface area contributed by atoms with Crippen LogP contribution in [0.1, 0.15) is 28.7 Å². The Hall–Kier alpha value is -3.88. The normalized spacial score (nSPS) is 21.3. The summed E-state index contributed by atoms with van der Waals surface area (Å²) in [6.45, 7) is 0. The van der Waals surface area contributed by atoms with Gasteiger partial charge in [-0.3, -0.25) is 0 Å². The molecule has 8 rings (SSSR count). The highest BCUT2D eigenvalue weighted by Gasteiger charge is 2.54. The Labute approximate surface area is 205 Å². The third-order valence-corrected chi connectivity index (χ3v) is 8.45. The maximum atomic E-state index is 10.1. The van der Waals surface area contributed by atoms with E-state index in [1.165, 1.54) is 73.6 Å². The third kappa shape index (κ3) is 2.24. The van der Waals surface area contributed by atoms with E-state index in [2.05, 4.69) is 109 Å². The number of benzene rings is 5. The van der Waals surface area contributed by atoms with Gasteiger partial charge in [0.1, 0.15) is 0 Å². The molecule has 0 fully saturated rings. The molecule has 3 aliphatic rings. The molecule has 35 heavy (non-hydrogen) atoms. The van der Waals surface area contributed by atoms with Crippen LogP contribution in [0.2, 0.25) is 5.82 Å². The largest absolute Gasteiger partial charge is 0.454 e. The number of allylic oxidation sites excluding steroid dienone is 4. The minimum absolute atomic E-state index is 0.0165. The molecule has 0 bridgehead atoms. The number of rotatable bonds is 1. The second kappa shape index (κ2) is 6.84. The lowest BCUT2D eigenvalue weighted by atomic mass is 9.63. The molecule has 1 N–H and O–H groups in total. The van der Waals surface area contributed by atoms with Gasteiger partial charge in [-0.25, -0.2) is 0 Å². The molecule has 5 aromatic rings. The maximum absolute atomic E-state index is 10.1. The van der Waals surface area contributed by atoms with Crippen molar-refractivity contribution in [1.82, 2.24) is 0 Å². The van der Waals surface area contributed by atoms with E-state index in [-0.39, 0.29) is 11.2 Å². The van der Waals surface area contributed by atoms with Gasteiger partial charge in [0, 0.05) is 0 Å². The fourth-order valence-corrected chi connectivity index (χ4v) is 7.22. The van der Waals surface area contributed by atoms with Crippen molar-refractivity contribution in [2.24, 2.45) is 0 Å². The summed E-state index contributed by atoms with van der Waals surface area (Å²) in [4.78, 5) is 0. The van der Waals surface area contributed by atoms with Crippen molar-refractivity contribution in [2.45, 2.75) is 17.7 Å². The first-order valence-corrected chi connectivity index (χ1v) is 12.4. The maximum Gasteiger partial charge on any atom is 0.295 e. The van der Waals surface area contributed by atoms with Gasteiger partial charge in [-0.15, -0.1) is 0 Å². The van der Waals surface area contributed by atoms with E-state index in [1.807, 2.05) is 0 Å². The third-order valence-electron chi connectivity index (χ3n) is 8.45. The highest BCUT2D eigenvalue weighted by atomic mass is 16.2. The van der Waals surface area contributed by atoms with Crippen LogP contribution in [0.5, 0.6) is 0 Å². The van der Waals surface area contributed by atoms with Crippen LogP contribution in [0.3, 0.4) is 0 Å². The van der Waals surface area contributed by atoms with Crippen LogP contribution in [0, 0.1) is 0 Å². The van der Waals surface area contributed by atoms with Gasteiger partial charge in [-0.2, -0.15) is 0 Å². The van der Waals surface area contributed by atoms with Crippen molar-refractivity contribution in [1.29, 1.82) is 0 Å². The molecule has 5 aromatic carbocycles. The highest BCUT2D eigenvalue weighted by Crippen LogP contribution is 2.66. The average Bonchev–Trinajstić information content (AvgIpc) is 3.40. The lowest BCUT2D eigenvalue weighted by Gasteiger charge is -2.35. The van der Waals surface area contributed by atoms with Crippen LogP contribution in [-0.2, 0) is 5.41 Å². The van der Waals surface area contributed by atoms with E-state index in [9.17, 15) is 5.02 Å². The Bertz CT molecular complexity index is 1780. The van der Waals surface area contributed by atoms with E-state index >= 15 is 0 Å². The molecular weight excluding hydrogens is 423 g/mol. The second-order valence-electron chi connectivity index (χ2n) is 9.95. The molecule has 0 amide bonds. The second-order valence-corrected chi connectivity index (χ2v) is 9.95. The van der Waals surface area contributed by atoms with Gasteiger partial charge in [0.25, 0.3) is 7.48 Å². The number of fused-ring (bicyclic) bond motifs is 14. The first-order valence-electron chi connectivity index (χ1n) is 12.4. The van der Waals surface area contributed by atoms with Gasteiger partial charge in [-0.1, -0.05) is 109 Å². The Balaban J connectivity index is 1.65. The van der Waals surface area contributed by atoms with Gasteiger partial charge in [0.2, 0.25) is 0 Å². The van der Waals surface area contributed by atoms with Crippen molar-refractivity contribution >= 4 is 34.6 Å². The SMILES string of the molecule is O[B]C1C=CC2=C(C1)C1(c3ccccc32)c2ccccc2-c2c1c1ccccc1c1ccccc21. The van der Waals surface area contributed by atoms with Crippen LogP contribution in [-0.4, -0.2) is 12.5 Å². The van der Waals surface area contributed by atoms with Crippen molar-refractivity contribution < 1.29 is 5.02 Å². The zero-order valence-corrected chi connectivity index (χ0v) is 19.2. The van der Waals surface area contributed by atoms with E-state index in [4.69, 9.17) is 0 Å². The van der Waals surface area contributed by atoms with E-state index in [0.29, 0.717) is 0 Å². The molecular formula is C33H22BO. The summed E-state index contributed by atoms with van der Waals surface area (Å²) >= 11 is 0. The van der Waals surface area contributed by atoms with Crippen LogP contribution >= 0.6 is 0 Å². The molecule has 1 radical (unpaired) electrons. The summed E-state index contributed by atoms with van der Waals surface area (Å²) in [6, 6.07) is 35.7. The van der Waals surface area contributed by atoms with Crippen molar-refractivity contribution in [3.8, 4) is 11.1 Å². The molecule has 0 saturated carbocycles. The predicted octanol–water partition coefficient (Wildman–Crippen LogP) is 7.43. The Morgan fingerprint density at radius 3 is 1.97 bits per heavy atom. The molecule has 0 saturated heterocycles. The molecule has 1 nitrogen and oxygen atoms in total. The molecule has 2 heteroatoms. The Morgan fingerprint density at radius 1 is 0.657 bits per heavy atom. The zero-order chi connectivity index (χ0) is 23.1. The lowest BCUT2D eigenvalue weighted by Crippen LogP contribution is -2.29. The van der Waals surface area contributed by atoms with E-state index in [0.717, 1.165) is 6.42 Å². The fourth-order valence-electron chi connectivity index (χ4n) is 7.22. The molecule has 0 aromatic heterocycles. The molecule has 163 valence electrons. The summed E-state index contributed by atoms with van der Waals surface area (Å²) in [6.07, 6.45) is 5.20. The summed E-state index contributed by atoms with van der Waals surface area (Å²) < 4.78 is 0. The van der Waals surface area contributed by atoms with Gasteiger partial charge < -0.3 is 5.02 Å². The molecule has 0 aliphatic heterocycles. The highest BCUT2D eigenvalue weighted by molar-refractivity contribution is 6.29.